The Morgan fingerprint density at radius 3 is 2.28 bits per heavy atom. The van der Waals surface area contributed by atoms with Crippen molar-refractivity contribution in [3.8, 4) is 0 Å². The number of carboxylic acid groups (broad SMARTS) is 1. The summed E-state index contributed by atoms with van der Waals surface area (Å²) in [7, 11) is 0. The van der Waals surface area contributed by atoms with Gasteiger partial charge in [-0.05, 0) is 18.8 Å². The van der Waals surface area contributed by atoms with E-state index < -0.39 is 18.1 Å². The lowest BCUT2D eigenvalue weighted by Gasteiger charge is -2.27. The van der Waals surface area contributed by atoms with Crippen molar-refractivity contribution in [2.24, 2.45) is 5.92 Å². The average molecular weight is 259 g/mol. The van der Waals surface area contributed by atoms with Crippen molar-refractivity contribution < 1.29 is 19.4 Å². The number of hydrogen-bond donors (Lipinski definition) is 1. The first-order chi connectivity index (χ1) is 8.43. The Labute approximate surface area is 109 Å². The van der Waals surface area contributed by atoms with Crippen LogP contribution in [0.1, 0.15) is 47.0 Å². The number of ether oxygens (including phenoxy) is 1. The molecule has 0 saturated carbocycles. The molecule has 1 unspecified atom stereocenters. The zero-order valence-electron chi connectivity index (χ0n) is 11.8. The first kappa shape index (κ1) is 16.7. The summed E-state index contributed by atoms with van der Waals surface area (Å²) < 4.78 is 5.12. The van der Waals surface area contributed by atoms with Gasteiger partial charge in [-0.2, -0.15) is 0 Å². The van der Waals surface area contributed by atoms with E-state index in [0.29, 0.717) is 19.6 Å². The maximum Gasteiger partial charge on any atom is 0.410 e. The second-order valence-corrected chi connectivity index (χ2v) is 4.78. The summed E-state index contributed by atoms with van der Waals surface area (Å²) in [5, 5.41) is 9.12. The van der Waals surface area contributed by atoms with E-state index >= 15 is 0 Å². The van der Waals surface area contributed by atoms with Crippen molar-refractivity contribution in [3.63, 3.8) is 0 Å². The lowest BCUT2D eigenvalue weighted by molar-refractivity contribution is -0.142. The first-order valence-electron chi connectivity index (χ1n) is 6.60. The van der Waals surface area contributed by atoms with Crippen molar-refractivity contribution in [3.05, 3.63) is 0 Å². The van der Waals surface area contributed by atoms with Gasteiger partial charge in [-0.25, -0.2) is 9.59 Å². The largest absolute Gasteiger partial charge is 0.480 e. The Bertz CT molecular complexity index is 266. The zero-order valence-corrected chi connectivity index (χ0v) is 11.8. The van der Waals surface area contributed by atoms with Crippen molar-refractivity contribution >= 4 is 12.1 Å². The molecule has 106 valence electrons. The number of carboxylic acids is 1. The molecule has 0 aliphatic heterocycles. The summed E-state index contributed by atoms with van der Waals surface area (Å²) in [6.45, 7) is 8.39. The molecule has 0 bridgehead atoms. The van der Waals surface area contributed by atoms with Gasteiger partial charge in [0, 0.05) is 6.54 Å². The Morgan fingerprint density at radius 2 is 1.89 bits per heavy atom. The van der Waals surface area contributed by atoms with Crippen LogP contribution in [-0.2, 0) is 9.53 Å². The minimum absolute atomic E-state index is 0.242. The van der Waals surface area contributed by atoms with Crippen LogP contribution in [0.3, 0.4) is 0 Å². The predicted octanol–water partition coefficient (Wildman–Crippen LogP) is 2.74. The normalized spacial score (nSPS) is 12.3. The molecule has 0 aromatic rings. The highest BCUT2D eigenvalue weighted by Gasteiger charge is 2.28. The number of rotatable bonds is 8. The lowest BCUT2D eigenvalue weighted by Crippen LogP contribution is -2.45. The van der Waals surface area contributed by atoms with Gasteiger partial charge in [0.25, 0.3) is 0 Å². The van der Waals surface area contributed by atoms with E-state index in [2.05, 4.69) is 0 Å². The fraction of sp³-hybridized carbons (Fsp3) is 0.846. The third-order valence-electron chi connectivity index (χ3n) is 2.58. The molecular weight excluding hydrogens is 234 g/mol. The smallest absolute Gasteiger partial charge is 0.410 e. The predicted molar refractivity (Wildman–Crippen MR) is 69.5 cm³/mol. The van der Waals surface area contributed by atoms with E-state index in [0.717, 1.165) is 12.8 Å². The van der Waals surface area contributed by atoms with Gasteiger partial charge in [0.1, 0.15) is 6.04 Å². The second-order valence-electron chi connectivity index (χ2n) is 4.78. The molecular formula is C13H25NO4. The van der Waals surface area contributed by atoms with Crippen LogP contribution in [0.2, 0.25) is 0 Å². The molecule has 0 spiro atoms. The number of amides is 1. The monoisotopic (exact) mass is 259 g/mol. The molecule has 0 aliphatic rings. The minimum atomic E-state index is -0.977. The molecule has 0 aromatic heterocycles. The molecule has 0 aromatic carbocycles. The molecule has 5 nitrogen and oxygen atoms in total. The standard InChI is InChI=1S/C13H25NO4/c1-5-7-8-14(11(6-2)12(15)16)13(17)18-9-10(3)4/h10-11H,5-9H2,1-4H3,(H,15,16). The van der Waals surface area contributed by atoms with Crippen molar-refractivity contribution in [2.45, 2.75) is 53.0 Å². The fourth-order valence-electron chi connectivity index (χ4n) is 1.55. The van der Waals surface area contributed by atoms with Crippen molar-refractivity contribution in [1.29, 1.82) is 0 Å². The van der Waals surface area contributed by atoms with Crippen LogP contribution >= 0.6 is 0 Å². The molecule has 0 aliphatic carbocycles. The number of unbranched alkanes of at least 4 members (excludes halogenated alkanes) is 1. The van der Waals surface area contributed by atoms with Gasteiger partial charge in [-0.3, -0.25) is 4.90 Å². The molecule has 18 heavy (non-hydrogen) atoms. The van der Waals surface area contributed by atoms with Crippen LogP contribution in [0.15, 0.2) is 0 Å². The van der Waals surface area contributed by atoms with Crippen LogP contribution in [0.25, 0.3) is 0 Å². The van der Waals surface area contributed by atoms with Crippen LogP contribution in [0.4, 0.5) is 4.79 Å². The molecule has 5 heteroatoms. The number of carbonyl (C=O) groups is 2. The number of aliphatic carboxylic acids is 1. The first-order valence-corrected chi connectivity index (χ1v) is 6.60. The topological polar surface area (TPSA) is 66.8 Å². The minimum Gasteiger partial charge on any atom is -0.480 e. The average Bonchev–Trinajstić information content (AvgIpc) is 2.30. The number of hydrogen-bond acceptors (Lipinski definition) is 3. The van der Waals surface area contributed by atoms with E-state index in [4.69, 9.17) is 9.84 Å². The van der Waals surface area contributed by atoms with Gasteiger partial charge in [-0.1, -0.05) is 34.1 Å². The van der Waals surface area contributed by atoms with Gasteiger partial charge in [-0.15, -0.1) is 0 Å². The van der Waals surface area contributed by atoms with E-state index in [9.17, 15) is 9.59 Å². The Balaban J connectivity index is 4.63. The summed E-state index contributed by atoms with van der Waals surface area (Å²) in [5.74, 6) is -0.734. The SMILES string of the molecule is CCCCN(C(=O)OCC(C)C)C(CC)C(=O)O. The van der Waals surface area contributed by atoms with E-state index in [-0.39, 0.29) is 5.92 Å². The molecule has 0 rings (SSSR count). The summed E-state index contributed by atoms with van der Waals surface area (Å²) >= 11 is 0. The zero-order chi connectivity index (χ0) is 14.1. The highest BCUT2D eigenvalue weighted by atomic mass is 16.6. The van der Waals surface area contributed by atoms with E-state index in [1.165, 1.54) is 4.90 Å². The molecule has 0 saturated heterocycles. The molecule has 1 amide bonds. The molecule has 0 heterocycles. The number of nitrogens with zero attached hydrogens (tertiary/aromatic N) is 1. The van der Waals surface area contributed by atoms with Gasteiger partial charge in [0.2, 0.25) is 0 Å². The third-order valence-corrected chi connectivity index (χ3v) is 2.58. The number of carbonyl (C=O) groups excluding carboxylic acids is 1. The van der Waals surface area contributed by atoms with Crippen molar-refractivity contribution in [1.82, 2.24) is 4.90 Å². The summed E-state index contributed by atoms with van der Waals surface area (Å²) in [6, 6.07) is -0.795. The molecule has 1 atom stereocenters. The van der Waals surface area contributed by atoms with Crippen LogP contribution in [-0.4, -0.2) is 41.3 Å². The second kappa shape index (κ2) is 8.78. The van der Waals surface area contributed by atoms with Gasteiger partial charge in [0.15, 0.2) is 0 Å². The Morgan fingerprint density at radius 1 is 1.28 bits per heavy atom. The van der Waals surface area contributed by atoms with Crippen LogP contribution in [0.5, 0.6) is 0 Å². The van der Waals surface area contributed by atoms with Gasteiger partial charge in [0.05, 0.1) is 6.61 Å². The summed E-state index contributed by atoms with van der Waals surface area (Å²) in [5.41, 5.74) is 0. The molecule has 0 radical (unpaired) electrons. The van der Waals surface area contributed by atoms with Gasteiger partial charge >= 0.3 is 12.1 Å². The fourth-order valence-corrected chi connectivity index (χ4v) is 1.55. The highest BCUT2D eigenvalue weighted by Crippen LogP contribution is 2.10. The van der Waals surface area contributed by atoms with Crippen molar-refractivity contribution in [2.75, 3.05) is 13.2 Å². The molecule has 0 fully saturated rings. The lowest BCUT2D eigenvalue weighted by atomic mass is 10.2. The quantitative estimate of drug-likeness (QED) is 0.727. The summed E-state index contributed by atoms with van der Waals surface area (Å²) in [6.07, 6.45) is 1.55. The Hall–Kier alpha value is -1.26. The molecule has 1 N–H and O–H groups in total. The maximum absolute atomic E-state index is 11.9. The van der Waals surface area contributed by atoms with Crippen LogP contribution < -0.4 is 0 Å². The van der Waals surface area contributed by atoms with E-state index in [1.54, 1.807) is 6.92 Å². The Kier molecular flexibility index (Phi) is 8.16. The summed E-state index contributed by atoms with van der Waals surface area (Å²) in [4.78, 5) is 24.4. The third kappa shape index (κ3) is 5.89. The maximum atomic E-state index is 11.9. The van der Waals surface area contributed by atoms with Crippen LogP contribution in [0, 0.1) is 5.92 Å². The van der Waals surface area contributed by atoms with Gasteiger partial charge < -0.3 is 9.84 Å². The highest BCUT2D eigenvalue weighted by molar-refractivity contribution is 5.79. The van der Waals surface area contributed by atoms with E-state index in [1.807, 2.05) is 20.8 Å².